The van der Waals surface area contributed by atoms with Crippen molar-refractivity contribution in [3.63, 3.8) is 0 Å². The van der Waals surface area contributed by atoms with Crippen molar-refractivity contribution < 1.29 is 37.2 Å². The number of nitriles is 7. The van der Waals surface area contributed by atoms with Gasteiger partial charge in [0.1, 0.15) is 29.1 Å². The zero-order valence-corrected chi connectivity index (χ0v) is 77.6. The molecular formula is C104H96N26O8S. The van der Waals surface area contributed by atoms with Crippen molar-refractivity contribution in [2.45, 2.75) is 109 Å². The van der Waals surface area contributed by atoms with Crippen LogP contribution in [-0.4, -0.2) is 104 Å². The Balaban J connectivity index is 0.000000126. The first-order valence-corrected chi connectivity index (χ1v) is 46.6. The lowest BCUT2D eigenvalue weighted by molar-refractivity contribution is -0.118. The first-order chi connectivity index (χ1) is 66.7. The van der Waals surface area contributed by atoms with Crippen LogP contribution in [0.3, 0.4) is 0 Å². The van der Waals surface area contributed by atoms with E-state index in [1.165, 1.54) is 32.4 Å². The predicted octanol–water partition coefficient (Wildman–Crippen LogP) is 15.6. The van der Waals surface area contributed by atoms with Crippen LogP contribution in [0, 0.1) is 165 Å². The molecule has 6 saturated carbocycles. The highest BCUT2D eigenvalue weighted by Crippen LogP contribution is 2.47. The number of nitrogens with zero attached hydrogens (tertiary/aromatic N) is 15. The molecule has 35 heteroatoms. The number of hydrogen-bond donors (Lipinski definition) is 11. The van der Waals surface area contributed by atoms with E-state index in [4.69, 9.17) is 55.0 Å². The molecule has 7 heterocycles. The van der Waals surface area contributed by atoms with E-state index < -0.39 is 10.0 Å². The molecule has 1 aliphatic heterocycles. The van der Waals surface area contributed by atoms with Crippen molar-refractivity contribution in [3.8, 4) is 75.9 Å². The summed E-state index contributed by atoms with van der Waals surface area (Å²) in [4.78, 5) is 101. The summed E-state index contributed by atoms with van der Waals surface area (Å²) in [6.45, 7) is 10.1. The maximum Gasteiger partial charge on any atom is 0.242 e. The van der Waals surface area contributed by atoms with Gasteiger partial charge in [-0.3, -0.25) is 33.8 Å². The summed E-state index contributed by atoms with van der Waals surface area (Å²) < 4.78 is 25.7. The predicted molar refractivity (Wildman–Crippen MR) is 531 cm³/mol. The van der Waals surface area contributed by atoms with Gasteiger partial charge in [0.25, 0.3) is 0 Å². The Morgan fingerprint density at radius 1 is 0.439 bits per heavy atom. The van der Waals surface area contributed by atoms with Crippen LogP contribution in [0.5, 0.6) is 0 Å². The summed E-state index contributed by atoms with van der Waals surface area (Å²) in [6, 6.07) is 53.6. The molecule has 6 aromatic heterocycles. The van der Waals surface area contributed by atoms with Crippen molar-refractivity contribution in [3.05, 3.63) is 199 Å². The first-order valence-electron chi connectivity index (χ1n) is 45.1. The average Bonchev–Trinajstić information content (AvgIpc) is 1.63. The maximum absolute atomic E-state index is 12.6. The Labute approximate surface area is 800 Å². The number of amides is 6. The second-order valence-electron chi connectivity index (χ2n) is 36.4. The number of benzene rings is 7. The third-order valence-corrected chi connectivity index (χ3v) is 27.9. The van der Waals surface area contributed by atoms with E-state index in [0.717, 1.165) is 128 Å². The van der Waals surface area contributed by atoms with Gasteiger partial charge in [0, 0.05) is 148 Å². The summed E-state index contributed by atoms with van der Waals surface area (Å²) in [6.07, 6.45) is 18.6. The third kappa shape index (κ3) is 20.5. The molecule has 0 bridgehead atoms. The number of aryl methyl sites for hydroxylation is 2. The highest BCUT2D eigenvalue weighted by molar-refractivity contribution is 7.89. The van der Waals surface area contributed by atoms with E-state index in [-0.39, 0.29) is 111 Å². The zero-order chi connectivity index (χ0) is 98.9. The summed E-state index contributed by atoms with van der Waals surface area (Å²) in [5.41, 5.74) is 44.9. The molecule has 0 radical (unpaired) electrons. The van der Waals surface area contributed by atoms with Crippen molar-refractivity contribution >= 4 is 168 Å². The Morgan fingerprint density at radius 3 is 1.14 bits per heavy atom. The Hall–Kier alpha value is -17.3. The SMILES string of the molecule is CN(C)S(=O)(=O)c1cc(N)c2cnc(NC(=O)[C@H]3C[C@@H]3C#N)cc2c1.Cc1c(NC(C)C)cncc1-c1cc(N)c2cnc(NC(=O)[C@@H]3C[C@H]3C#N)cc2c1.Cc1cccc(C#N)c1-c1cc(N)c2cnc(NC(=O)[C@@H]3C[C@H]3C#N)cc2c1.Cc1cccc(C#N)c1-c1cc(N)c2cnc(NC(=O)[C@H]3C[C@@H]3C#N)cc2c1.N#C[C@H]1C[C@@H]1C(=O)Nc1cc2cc(N3C(=O)CC4CCCC43)cc(N)c2cn1. The molecule has 7 aliphatic rings. The summed E-state index contributed by atoms with van der Waals surface area (Å²) in [5, 5.41) is 88.2. The van der Waals surface area contributed by atoms with Crippen LogP contribution in [0.4, 0.5) is 68.9 Å². The molecule has 1 saturated heterocycles. The number of carbonyl (C=O) groups excluding carboxylic acids is 6. The summed E-state index contributed by atoms with van der Waals surface area (Å²) >= 11 is 0. The van der Waals surface area contributed by atoms with E-state index in [2.05, 4.69) is 125 Å². The molecule has 20 rings (SSSR count). The van der Waals surface area contributed by atoms with Gasteiger partial charge >= 0.3 is 0 Å². The van der Waals surface area contributed by atoms with E-state index in [1.807, 2.05) is 110 Å². The standard InChI is InChI=1S/C23H24N6O.2C22H17N5O.C21H21N5O2.C16H17N5O3S/c1-12(2)28-21-11-26-9-18(13(21)3)14-4-15-7-22(27-10-19(15)20(25)6-14)29-23(30)17-5-16(17)8-24;2*1-12-3-2-4-13(9-23)21(12)15-5-14-8-20(26-11-18(14)19(25)7-15)27-22(28)17-6-16(17)10-24;22-9-13-5-15(13)21(28)25-19-6-12-4-14(8-17(23)16(12)10-24-19)26-18-3-1-2-11(18)7-20(26)27;1-21(2)25(23,24)11-3-9-5-15(19-8-13(9)14(18)6-11)20-16(22)12-4-10(12)7-17/h4,6-7,9-12,16-17,28H,5,25H2,1-3H3,(H,27,29,30);2*2-5,7-8,11,16-17H,6,25H2,1H3,(H,26,27,28);4,6,8,10-11,13,15,18H,1-3,5,7,23H2,(H,24,25,28);3,5-6,8,10,12H,4,18H2,1-2H3,(H,19,20,22)/t3*16-,17+;11?,13-,15+,18?;10-,12+/m01011/s1. The summed E-state index contributed by atoms with van der Waals surface area (Å²) in [5.74, 6) is -0.688. The molecule has 16 N–H and O–H groups in total. The lowest BCUT2D eigenvalue weighted by Crippen LogP contribution is -2.33. The lowest BCUT2D eigenvalue weighted by Gasteiger charge is -2.25. The largest absolute Gasteiger partial charge is 0.398 e. The molecule has 6 aliphatic carbocycles. The van der Waals surface area contributed by atoms with Crippen LogP contribution in [0.2, 0.25) is 0 Å². The fraction of sp³-hybridized carbons (Fsp3) is 0.279. The van der Waals surface area contributed by atoms with Gasteiger partial charge in [0.05, 0.1) is 130 Å². The van der Waals surface area contributed by atoms with Crippen molar-refractivity contribution in [1.82, 2.24) is 34.2 Å². The number of aromatic nitrogens is 6. The minimum atomic E-state index is -3.63. The van der Waals surface area contributed by atoms with Crippen LogP contribution in [0.25, 0.3) is 87.2 Å². The fourth-order valence-corrected chi connectivity index (χ4v) is 18.9. The number of carbonyl (C=O) groups is 6. The number of anilines is 12. The third-order valence-electron chi connectivity index (χ3n) is 26.1. The summed E-state index contributed by atoms with van der Waals surface area (Å²) in [7, 11) is -0.752. The minimum absolute atomic E-state index is 0.0673. The number of nitrogen functional groups attached to an aromatic ring is 5. The number of nitrogens with two attached hydrogens (primary N) is 5. The van der Waals surface area contributed by atoms with Gasteiger partial charge in [0.15, 0.2) is 0 Å². The Bertz CT molecular complexity index is 7540. The van der Waals surface area contributed by atoms with Gasteiger partial charge in [-0.05, 0) is 249 Å². The lowest BCUT2D eigenvalue weighted by atomic mass is 9.93. The topological polar surface area (TPSA) is 589 Å². The fourth-order valence-electron chi connectivity index (χ4n) is 17.9. The van der Waals surface area contributed by atoms with Crippen molar-refractivity contribution in [1.29, 1.82) is 36.8 Å². The van der Waals surface area contributed by atoms with Crippen molar-refractivity contribution in [2.24, 2.45) is 65.1 Å². The molecule has 13 aromatic rings. The molecular weight excluding hydrogens is 1770 g/mol. The van der Waals surface area contributed by atoms with E-state index in [1.54, 1.807) is 61.2 Å². The van der Waals surface area contributed by atoms with Gasteiger partial charge in [0.2, 0.25) is 45.5 Å². The van der Waals surface area contributed by atoms with E-state index in [9.17, 15) is 47.7 Å². The van der Waals surface area contributed by atoms with Crippen LogP contribution in [0.15, 0.2) is 176 Å². The highest BCUT2D eigenvalue weighted by atomic mass is 32.2. The maximum atomic E-state index is 12.6. The van der Waals surface area contributed by atoms with Crippen molar-refractivity contribution in [2.75, 3.05) is 79.6 Å². The quantitative estimate of drug-likeness (QED) is 0.0355. The van der Waals surface area contributed by atoms with Crippen LogP contribution in [0.1, 0.15) is 99.5 Å². The number of pyridine rings is 6. The number of sulfonamides is 1. The average molecular weight is 1870 g/mol. The number of rotatable bonds is 18. The number of fused-ring (bicyclic) bond motifs is 6. The van der Waals surface area contributed by atoms with Gasteiger partial charge in [-0.2, -0.15) is 36.8 Å². The highest BCUT2D eigenvalue weighted by Gasteiger charge is 2.48. The molecule has 7 aromatic carbocycles. The Morgan fingerprint density at radius 2 is 0.784 bits per heavy atom. The monoisotopic (exact) mass is 1870 g/mol. The molecule has 0 spiro atoms. The number of nitrogens with one attached hydrogen (secondary N) is 6. The molecule has 6 amide bonds. The minimum Gasteiger partial charge on any atom is -0.398 e. The zero-order valence-electron chi connectivity index (χ0n) is 76.8. The first kappa shape index (κ1) is 94.9. The van der Waals surface area contributed by atoms with Gasteiger partial charge < -0.3 is 65.5 Å². The Kier molecular flexibility index (Phi) is 26.8. The molecule has 139 heavy (non-hydrogen) atoms. The van der Waals surface area contributed by atoms with Gasteiger partial charge in [-0.15, -0.1) is 0 Å². The molecule has 696 valence electrons. The van der Waals surface area contributed by atoms with E-state index in [0.29, 0.717) is 124 Å². The number of hydrogen-bond acceptors (Lipinski definition) is 27. The molecule has 7 fully saturated rings. The second kappa shape index (κ2) is 39.3. The van der Waals surface area contributed by atoms with Crippen LogP contribution in [-0.2, 0) is 38.8 Å². The van der Waals surface area contributed by atoms with Crippen LogP contribution >= 0.6 is 0 Å². The normalized spacial score (nSPS) is 20.1. The molecule has 12 atom stereocenters. The van der Waals surface area contributed by atoms with E-state index >= 15 is 0 Å². The molecule has 34 nitrogen and oxygen atoms in total. The second-order valence-corrected chi connectivity index (χ2v) is 38.6. The van der Waals surface area contributed by atoms with Gasteiger partial charge in [-0.25, -0.2) is 37.6 Å². The molecule has 2 unspecified atom stereocenters. The smallest absolute Gasteiger partial charge is 0.242 e. The van der Waals surface area contributed by atoms with Crippen LogP contribution < -0.4 is 65.5 Å². The van der Waals surface area contributed by atoms with Gasteiger partial charge in [-0.1, -0.05) is 30.7 Å².